The van der Waals surface area contributed by atoms with Crippen molar-refractivity contribution in [2.24, 2.45) is 5.41 Å². The number of hydrogen-bond acceptors (Lipinski definition) is 6. The predicted molar refractivity (Wildman–Crippen MR) is 146 cm³/mol. The third-order valence-corrected chi connectivity index (χ3v) is 6.67. The van der Waals surface area contributed by atoms with E-state index in [-0.39, 0.29) is 27.8 Å². The molecule has 5 rings (SSSR count). The number of nitrogens with one attached hydrogen (secondary N) is 1. The van der Waals surface area contributed by atoms with Crippen LogP contribution in [-0.4, -0.2) is 35.8 Å². The fourth-order valence-corrected chi connectivity index (χ4v) is 4.68. The van der Waals surface area contributed by atoms with Crippen LogP contribution in [0.2, 0.25) is 0 Å². The van der Waals surface area contributed by atoms with Crippen molar-refractivity contribution < 1.29 is 28.2 Å². The zero-order chi connectivity index (χ0) is 28.5. The minimum Gasteiger partial charge on any atom is -0.504 e. The Balaban J connectivity index is 0.00000172. The molecule has 2 aromatic carbocycles. The molecular weight excluding hydrogens is 504 g/mol. The number of hydrogen-bond donors (Lipinski definition) is 2. The van der Waals surface area contributed by atoms with Crippen LogP contribution in [0, 0.1) is 17.0 Å². The molecule has 2 aliphatic rings. The van der Waals surface area contributed by atoms with Gasteiger partial charge in [-0.25, -0.2) is 13.8 Å². The molecule has 2 aliphatic heterocycles. The first-order chi connectivity index (χ1) is 18.4. The van der Waals surface area contributed by atoms with Crippen molar-refractivity contribution in [3.05, 3.63) is 77.0 Å². The zero-order valence-corrected chi connectivity index (χ0v) is 23.1. The van der Waals surface area contributed by atoms with Crippen LogP contribution >= 0.6 is 0 Å². The van der Waals surface area contributed by atoms with Crippen LogP contribution in [0.1, 0.15) is 69.3 Å². The first-order valence-corrected chi connectivity index (χ1v) is 13.0. The second-order valence-electron chi connectivity index (χ2n) is 11.0. The molecule has 39 heavy (non-hydrogen) atoms. The third kappa shape index (κ3) is 5.89. The summed E-state index contributed by atoms with van der Waals surface area (Å²) in [6.45, 7) is 13.4. The fourth-order valence-electron chi connectivity index (χ4n) is 4.68. The van der Waals surface area contributed by atoms with Gasteiger partial charge in [-0.2, -0.15) is 0 Å². The van der Waals surface area contributed by atoms with E-state index < -0.39 is 23.8 Å². The van der Waals surface area contributed by atoms with E-state index in [1.54, 1.807) is 24.3 Å². The molecule has 0 aliphatic carbocycles. The number of aromatic hydroxyl groups is 1. The minimum atomic E-state index is -0.975. The van der Waals surface area contributed by atoms with Gasteiger partial charge in [0.2, 0.25) is 0 Å². The monoisotopic (exact) mass is 539 g/mol. The quantitative estimate of drug-likeness (QED) is 0.378. The average molecular weight is 540 g/mol. The molecule has 0 bridgehead atoms. The van der Waals surface area contributed by atoms with Gasteiger partial charge in [-0.15, -0.1) is 0 Å². The largest absolute Gasteiger partial charge is 0.504 e. The lowest BCUT2D eigenvalue weighted by Gasteiger charge is -2.34. The van der Waals surface area contributed by atoms with E-state index in [0.29, 0.717) is 31.3 Å². The number of amides is 1. The molecule has 9 heteroatoms. The number of nitrogens with zero attached hydrogens (tertiary/aromatic N) is 2. The highest BCUT2D eigenvalue weighted by Gasteiger charge is 2.36. The van der Waals surface area contributed by atoms with E-state index >= 15 is 0 Å². The van der Waals surface area contributed by atoms with Gasteiger partial charge in [0.1, 0.15) is 11.6 Å². The summed E-state index contributed by atoms with van der Waals surface area (Å²) >= 11 is 0. The highest BCUT2D eigenvalue weighted by atomic mass is 19.1. The number of phenols is 1. The van der Waals surface area contributed by atoms with Gasteiger partial charge in [0.05, 0.1) is 30.7 Å². The van der Waals surface area contributed by atoms with Gasteiger partial charge in [-0.3, -0.25) is 4.79 Å². The molecule has 1 fully saturated rings. The van der Waals surface area contributed by atoms with Crippen LogP contribution in [0.5, 0.6) is 5.75 Å². The smallest absolute Gasteiger partial charge is 0.255 e. The number of carbonyl (C=O) groups is 1. The van der Waals surface area contributed by atoms with E-state index in [1.807, 2.05) is 32.6 Å². The molecule has 1 aromatic heterocycles. The Morgan fingerprint density at radius 1 is 1.05 bits per heavy atom. The fraction of sp³-hybridized carbons (Fsp3) is 0.400. The third-order valence-electron chi connectivity index (χ3n) is 6.67. The maximum atomic E-state index is 14.5. The first kappa shape index (κ1) is 28.4. The molecule has 208 valence electrons. The summed E-state index contributed by atoms with van der Waals surface area (Å²) < 4.78 is 39.7. The lowest BCUT2D eigenvalue weighted by atomic mass is 9.87. The van der Waals surface area contributed by atoms with Crippen LogP contribution in [0.3, 0.4) is 0 Å². The van der Waals surface area contributed by atoms with E-state index in [4.69, 9.17) is 9.47 Å². The van der Waals surface area contributed by atoms with Gasteiger partial charge >= 0.3 is 0 Å². The number of ether oxygens (including phenoxy) is 2. The molecule has 1 saturated heterocycles. The van der Waals surface area contributed by atoms with Gasteiger partial charge in [0.15, 0.2) is 17.9 Å². The predicted octanol–water partition coefficient (Wildman–Crippen LogP) is 6.84. The van der Waals surface area contributed by atoms with Gasteiger partial charge < -0.3 is 24.8 Å². The number of anilines is 3. The SMILES string of the molecule is CC.CC1(C)COC(c2cc(C(=O)Nc3ccc(N4CC(C)(C)c5cc(F)ccc54)nc3)cc(F)c2O)OC1. The minimum absolute atomic E-state index is 0.00339. The normalized spacial score (nSPS) is 17.7. The molecule has 0 radical (unpaired) electrons. The second-order valence-corrected chi connectivity index (χ2v) is 11.0. The van der Waals surface area contributed by atoms with Crippen LogP contribution in [0.25, 0.3) is 0 Å². The van der Waals surface area contributed by atoms with Crippen molar-refractivity contribution in [3.63, 3.8) is 0 Å². The van der Waals surface area contributed by atoms with Gasteiger partial charge in [-0.05, 0) is 48.0 Å². The first-order valence-electron chi connectivity index (χ1n) is 13.0. The van der Waals surface area contributed by atoms with Crippen LogP contribution in [-0.2, 0) is 14.9 Å². The van der Waals surface area contributed by atoms with Crippen LogP contribution in [0.4, 0.5) is 26.0 Å². The lowest BCUT2D eigenvalue weighted by molar-refractivity contribution is -0.226. The van der Waals surface area contributed by atoms with E-state index in [1.165, 1.54) is 18.3 Å². The van der Waals surface area contributed by atoms with Crippen LogP contribution in [0.15, 0.2) is 48.7 Å². The number of rotatable bonds is 4. The van der Waals surface area contributed by atoms with Gasteiger partial charge in [-0.1, -0.05) is 41.5 Å². The summed E-state index contributed by atoms with van der Waals surface area (Å²) in [6, 6.07) is 10.5. The molecule has 3 heterocycles. The van der Waals surface area contributed by atoms with Crippen molar-refractivity contribution in [1.82, 2.24) is 4.98 Å². The van der Waals surface area contributed by atoms with Crippen molar-refractivity contribution in [2.45, 2.75) is 53.2 Å². The number of aromatic nitrogens is 1. The molecule has 1 amide bonds. The molecule has 2 N–H and O–H groups in total. The van der Waals surface area contributed by atoms with Crippen molar-refractivity contribution >= 4 is 23.1 Å². The zero-order valence-electron chi connectivity index (χ0n) is 23.1. The lowest BCUT2D eigenvalue weighted by Crippen LogP contribution is -2.34. The van der Waals surface area contributed by atoms with Crippen LogP contribution < -0.4 is 10.2 Å². The summed E-state index contributed by atoms with van der Waals surface area (Å²) in [6.07, 6.45) is 0.534. The number of pyridine rings is 1. The number of phenolic OH excluding ortho intramolecular Hbond substituents is 1. The highest BCUT2D eigenvalue weighted by Crippen LogP contribution is 2.44. The Morgan fingerprint density at radius 2 is 1.74 bits per heavy atom. The van der Waals surface area contributed by atoms with E-state index in [2.05, 4.69) is 24.1 Å². The number of fused-ring (bicyclic) bond motifs is 1. The van der Waals surface area contributed by atoms with Crippen molar-refractivity contribution in [1.29, 1.82) is 0 Å². The molecule has 3 aromatic rings. The summed E-state index contributed by atoms with van der Waals surface area (Å²) in [5, 5.41) is 12.9. The summed E-state index contributed by atoms with van der Waals surface area (Å²) in [5.41, 5.74) is 1.80. The average Bonchev–Trinajstić information content (AvgIpc) is 3.17. The number of halogens is 2. The molecule has 0 spiro atoms. The Morgan fingerprint density at radius 3 is 2.38 bits per heavy atom. The Bertz CT molecular complexity index is 1350. The maximum Gasteiger partial charge on any atom is 0.255 e. The maximum absolute atomic E-state index is 14.5. The summed E-state index contributed by atoms with van der Waals surface area (Å²) in [4.78, 5) is 19.4. The number of carbonyl (C=O) groups excluding carboxylic acids is 1. The molecule has 0 unspecified atom stereocenters. The van der Waals surface area contributed by atoms with E-state index in [0.717, 1.165) is 17.3 Å². The Labute approximate surface area is 227 Å². The highest BCUT2D eigenvalue weighted by molar-refractivity contribution is 6.04. The van der Waals surface area contributed by atoms with Gasteiger partial charge in [0, 0.05) is 28.6 Å². The van der Waals surface area contributed by atoms with Crippen molar-refractivity contribution in [3.8, 4) is 5.75 Å². The molecule has 0 saturated carbocycles. The second kappa shape index (κ2) is 10.9. The van der Waals surface area contributed by atoms with Crippen molar-refractivity contribution in [2.75, 3.05) is 30.0 Å². The molecule has 7 nitrogen and oxygen atoms in total. The Kier molecular flexibility index (Phi) is 7.95. The number of benzene rings is 2. The molecular formula is C30H35F2N3O4. The molecule has 0 atom stereocenters. The summed E-state index contributed by atoms with van der Waals surface area (Å²) in [7, 11) is 0. The standard InChI is InChI=1S/C28H29F2N3O4.C2H6/c1-27(2)14-36-26(37-15-27)19-9-16(10-21(30)24(19)34)25(35)32-18-6-8-23(31-12-18)33-13-28(3,4)20-11-17(29)5-7-22(20)33;1-2/h5-12,26,34H,13-15H2,1-4H3,(H,32,35);1-2H3. The summed E-state index contributed by atoms with van der Waals surface area (Å²) in [5.74, 6) is -1.75. The van der Waals surface area contributed by atoms with E-state index in [9.17, 15) is 18.7 Å². The Hall–Kier alpha value is -3.56. The van der Waals surface area contributed by atoms with Gasteiger partial charge in [0.25, 0.3) is 5.91 Å². The topological polar surface area (TPSA) is 83.9 Å².